The molecule has 0 aliphatic carbocycles. The van der Waals surface area contributed by atoms with E-state index in [9.17, 15) is 5.11 Å². The number of hydrogen-bond acceptors (Lipinski definition) is 1. The number of hydrogen-bond donors (Lipinski definition) is 1. The normalized spacial score (nSPS) is 10.0. The Kier molecular flexibility index (Phi) is 12.0. The molecule has 0 aliphatic heterocycles. The van der Waals surface area contributed by atoms with Crippen LogP contribution in [-0.2, 0) is 0 Å². The molecule has 0 amide bonds. The smallest absolute Gasteiger partial charge is 0.0969 e. The maximum atomic E-state index is 9.34. The van der Waals surface area contributed by atoms with Gasteiger partial charge < -0.3 is 5.11 Å². The van der Waals surface area contributed by atoms with E-state index in [1.165, 1.54) is 6.08 Å². The Morgan fingerprint density at radius 3 is 2.13 bits per heavy atom. The van der Waals surface area contributed by atoms with Gasteiger partial charge in [-0.3, -0.25) is 0 Å². The maximum Gasteiger partial charge on any atom is 0.0969 e. The zero-order valence-electron chi connectivity index (χ0n) is 10.6. The Morgan fingerprint density at radius 2 is 1.73 bits per heavy atom. The molecule has 1 atom stereocenters. The summed E-state index contributed by atoms with van der Waals surface area (Å²) in [5, 5.41) is 9.34. The zero-order chi connectivity index (χ0) is 12.3. The van der Waals surface area contributed by atoms with Gasteiger partial charge in [0.25, 0.3) is 0 Å². The van der Waals surface area contributed by atoms with Gasteiger partial charge in [0.05, 0.1) is 6.10 Å². The van der Waals surface area contributed by atoms with Crippen molar-refractivity contribution in [1.82, 2.24) is 0 Å². The van der Waals surface area contributed by atoms with E-state index in [2.05, 4.69) is 6.58 Å². The highest BCUT2D eigenvalue weighted by atomic mass is 16.3. The predicted molar refractivity (Wildman–Crippen MR) is 69.0 cm³/mol. The van der Waals surface area contributed by atoms with E-state index < -0.39 is 6.10 Å². The second kappa shape index (κ2) is 11.0. The van der Waals surface area contributed by atoms with Gasteiger partial charge in [0.2, 0.25) is 0 Å². The van der Waals surface area contributed by atoms with Gasteiger partial charge in [-0.1, -0.05) is 63.6 Å². The second-order valence-corrected chi connectivity index (χ2v) is 2.59. The molecule has 1 rings (SSSR count). The van der Waals surface area contributed by atoms with E-state index >= 15 is 0 Å². The molecule has 0 aliphatic rings. The van der Waals surface area contributed by atoms with E-state index in [4.69, 9.17) is 0 Å². The van der Waals surface area contributed by atoms with Crippen LogP contribution in [0, 0.1) is 6.92 Å². The highest BCUT2D eigenvalue weighted by molar-refractivity contribution is 5.25. The molecule has 1 heteroatoms. The lowest BCUT2D eigenvalue weighted by Crippen LogP contribution is -1.91. The largest absolute Gasteiger partial charge is 0.384 e. The number of aliphatic hydroxyl groups excluding tert-OH is 1. The van der Waals surface area contributed by atoms with Gasteiger partial charge in [0.1, 0.15) is 0 Å². The quantitative estimate of drug-likeness (QED) is 0.720. The van der Waals surface area contributed by atoms with Crippen molar-refractivity contribution in [3.05, 3.63) is 48.0 Å². The summed E-state index contributed by atoms with van der Waals surface area (Å²) in [4.78, 5) is 0. The molecule has 15 heavy (non-hydrogen) atoms. The third-order valence-electron chi connectivity index (χ3n) is 1.61. The molecular weight excluding hydrogens is 184 g/mol. The minimum atomic E-state index is -0.533. The fraction of sp³-hybridized carbons (Fsp3) is 0.429. The second-order valence-electron chi connectivity index (χ2n) is 2.59. The fourth-order valence-corrected chi connectivity index (χ4v) is 0.990. The number of aliphatic hydroxyl groups is 1. The molecule has 1 aromatic carbocycles. The molecule has 0 saturated heterocycles. The molecule has 1 unspecified atom stereocenters. The van der Waals surface area contributed by atoms with Crippen LogP contribution in [0.1, 0.15) is 44.9 Å². The number of rotatable bonds is 2. The monoisotopic (exact) mass is 208 g/mol. The van der Waals surface area contributed by atoms with Gasteiger partial charge in [-0.05, 0) is 12.5 Å². The minimum absolute atomic E-state index is 0.533. The number of aryl methyl sites for hydroxylation is 1. The lowest BCUT2D eigenvalue weighted by molar-refractivity contribution is 0.229. The first-order chi connectivity index (χ1) is 7.24. The first-order valence-corrected chi connectivity index (χ1v) is 5.61. The highest BCUT2D eigenvalue weighted by Gasteiger charge is 2.00. The standard InChI is InChI=1S/C10H12O.2C2H6/c1-3-10(11)9-6-4-5-8(2)7-9;2*1-2/h3-7,10-11H,1H2,2H3;2*1-2H3. The van der Waals surface area contributed by atoms with Crippen LogP contribution in [0.3, 0.4) is 0 Å². The zero-order valence-corrected chi connectivity index (χ0v) is 10.6. The van der Waals surface area contributed by atoms with Crippen LogP contribution in [0.15, 0.2) is 36.9 Å². The molecule has 0 bridgehead atoms. The molecule has 0 saturated carbocycles. The van der Waals surface area contributed by atoms with Crippen LogP contribution in [0.5, 0.6) is 0 Å². The van der Waals surface area contributed by atoms with Crippen LogP contribution in [0.2, 0.25) is 0 Å². The van der Waals surface area contributed by atoms with Crippen LogP contribution in [0.25, 0.3) is 0 Å². The van der Waals surface area contributed by atoms with Crippen LogP contribution < -0.4 is 0 Å². The van der Waals surface area contributed by atoms with Gasteiger partial charge in [-0.25, -0.2) is 0 Å². The van der Waals surface area contributed by atoms with Gasteiger partial charge in [-0.2, -0.15) is 0 Å². The Balaban J connectivity index is 0. The summed E-state index contributed by atoms with van der Waals surface area (Å²) in [6, 6.07) is 7.77. The van der Waals surface area contributed by atoms with Gasteiger partial charge in [-0.15, -0.1) is 6.58 Å². The predicted octanol–water partition coefficient (Wildman–Crippen LogP) is 4.27. The van der Waals surface area contributed by atoms with Crippen molar-refractivity contribution < 1.29 is 5.11 Å². The van der Waals surface area contributed by atoms with E-state index in [1.54, 1.807) is 0 Å². The molecule has 0 fully saturated rings. The Bertz CT molecular complexity index is 253. The summed E-state index contributed by atoms with van der Waals surface area (Å²) in [6.45, 7) is 13.5. The van der Waals surface area contributed by atoms with Crippen molar-refractivity contribution in [1.29, 1.82) is 0 Å². The van der Waals surface area contributed by atoms with Crippen molar-refractivity contribution in [3.63, 3.8) is 0 Å². The van der Waals surface area contributed by atoms with E-state index in [1.807, 2.05) is 58.9 Å². The molecule has 1 nitrogen and oxygen atoms in total. The molecular formula is C14H24O. The third-order valence-corrected chi connectivity index (χ3v) is 1.61. The van der Waals surface area contributed by atoms with Gasteiger partial charge in [0.15, 0.2) is 0 Å². The molecule has 0 radical (unpaired) electrons. The lowest BCUT2D eigenvalue weighted by atomic mass is 10.1. The van der Waals surface area contributed by atoms with Crippen LogP contribution in [-0.4, -0.2) is 5.11 Å². The summed E-state index contributed by atoms with van der Waals surface area (Å²) < 4.78 is 0. The average molecular weight is 208 g/mol. The van der Waals surface area contributed by atoms with Crippen LogP contribution in [0.4, 0.5) is 0 Å². The Labute approximate surface area is 94.5 Å². The first-order valence-electron chi connectivity index (χ1n) is 5.61. The fourth-order valence-electron chi connectivity index (χ4n) is 0.990. The summed E-state index contributed by atoms with van der Waals surface area (Å²) >= 11 is 0. The van der Waals surface area contributed by atoms with E-state index in [-0.39, 0.29) is 0 Å². The van der Waals surface area contributed by atoms with Gasteiger partial charge in [0, 0.05) is 0 Å². The van der Waals surface area contributed by atoms with Crippen molar-refractivity contribution in [2.24, 2.45) is 0 Å². The third kappa shape index (κ3) is 6.92. The van der Waals surface area contributed by atoms with Crippen molar-refractivity contribution in [2.45, 2.75) is 40.7 Å². The van der Waals surface area contributed by atoms with E-state index in [0.717, 1.165) is 11.1 Å². The Hall–Kier alpha value is -1.08. The first kappa shape index (κ1) is 16.4. The van der Waals surface area contributed by atoms with Crippen molar-refractivity contribution in [2.75, 3.05) is 0 Å². The molecule has 86 valence electrons. The molecule has 0 aromatic heterocycles. The van der Waals surface area contributed by atoms with Gasteiger partial charge >= 0.3 is 0 Å². The number of benzene rings is 1. The van der Waals surface area contributed by atoms with Crippen LogP contribution >= 0.6 is 0 Å². The topological polar surface area (TPSA) is 20.2 Å². The highest BCUT2D eigenvalue weighted by Crippen LogP contribution is 2.14. The maximum absolute atomic E-state index is 9.34. The summed E-state index contributed by atoms with van der Waals surface area (Å²) in [6.07, 6.45) is 0.990. The van der Waals surface area contributed by atoms with E-state index in [0.29, 0.717) is 0 Å². The lowest BCUT2D eigenvalue weighted by Gasteiger charge is -2.05. The molecule has 1 aromatic rings. The van der Waals surface area contributed by atoms with Crippen molar-refractivity contribution >= 4 is 0 Å². The summed E-state index contributed by atoms with van der Waals surface area (Å²) in [7, 11) is 0. The summed E-state index contributed by atoms with van der Waals surface area (Å²) in [5.74, 6) is 0. The minimum Gasteiger partial charge on any atom is -0.384 e. The molecule has 1 N–H and O–H groups in total. The van der Waals surface area contributed by atoms with Crippen molar-refractivity contribution in [3.8, 4) is 0 Å². The SMILES string of the molecule is C=CC(O)c1cccc(C)c1.CC.CC. The molecule has 0 spiro atoms. The Morgan fingerprint density at radius 1 is 1.20 bits per heavy atom. The molecule has 0 heterocycles. The average Bonchev–Trinajstić information content (AvgIpc) is 2.33. The summed E-state index contributed by atoms with van der Waals surface area (Å²) in [5.41, 5.74) is 2.06.